The number of aliphatic carboxylic acids is 1. The quantitative estimate of drug-likeness (QED) is 0.668. The molecular formula is C13H18N2O3. The Hall–Kier alpha value is -1.88. The third-order valence-electron chi connectivity index (χ3n) is 2.75. The minimum Gasteiger partial charge on any atom is -0.480 e. The smallest absolute Gasteiger partial charge is 0.330 e. The van der Waals surface area contributed by atoms with Crippen molar-refractivity contribution in [2.75, 3.05) is 7.05 Å². The molecule has 0 radical (unpaired) electrons. The molecule has 1 aromatic carbocycles. The number of amides is 1. The molecule has 0 bridgehead atoms. The van der Waals surface area contributed by atoms with Crippen LogP contribution in [0.25, 0.3) is 0 Å². The maximum Gasteiger partial charge on any atom is 0.330 e. The van der Waals surface area contributed by atoms with Crippen LogP contribution >= 0.6 is 0 Å². The third-order valence-corrected chi connectivity index (χ3v) is 2.75. The van der Waals surface area contributed by atoms with Gasteiger partial charge in [0.15, 0.2) is 6.04 Å². The van der Waals surface area contributed by atoms with Crippen LogP contribution in [0.1, 0.15) is 16.7 Å². The van der Waals surface area contributed by atoms with Crippen molar-refractivity contribution < 1.29 is 14.7 Å². The van der Waals surface area contributed by atoms with E-state index in [1.54, 1.807) is 0 Å². The molecule has 1 aromatic rings. The van der Waals surface area contributed by atoms with Gasteiger partial charge in [-0.25, -0.2) is 4.79 Å². The molecule has 3 N–H and O–H groups in total. The first-order valence-electron chi connectivity index (χ1n) is 5.69. The van der Waals surface area contributed by atoms with Crippen molar-refractivity contribution in [1.29, 1.82) is 0 Å². The summed E-state index contributed by atoms with van der Waals surface area (Å²) in [6.07, 6.45) is 0. The van der Waals surface area contributed by atoms with Gasteiger partial charge < -0.3 is 10.4 Å². The van der Waals surface area contributed by atoms with Gasteiger partial charge in [0.2, 0.25) is 5.91 Å². The van der Waals surface area contributed by atoms with Gasteiger partial charge in [-0.1, -0.05) is 23.8 Å². The SMILES string of the molecule is CNC(C(=O)O)C(=O)NCc1ccc(C)cc1C. The normalized spacial score (nSPS) is 11.9. The van der Waals surface area contributed by atoms with Gasteiger partial charge in [0.05, 0.1) is 0 Å². The number of carbonyl (C=O) groups excluding carboxylic acids is 1. The fourth-order valence-electron chi connectivity index (χ4n) is 1.70. The molecule has 98 valence electrons. The van der Waals surface area contributed by atoms with Gasteiger partial charge in [0, 0.05) is 6.54 Å². The molecule has 1 amide bonds. The van der Waals surface area contributed by atoms with E-state index < -0.39 is 17.9 Å². The highest BCUT2D eigenvalue weighted by Crippen LogP contribution is 2.10. The molecule has 0 aromatic heterocycles. The third kappa shape index (κ3) is 3.56. The first-order valence-corrected chi connectivity index (χ1v) is 5.69. The Labute approximate surface area is 106 Å². The number of rotatable bonds is 5. The molecule has 1 unspecified atom stereocenters. The molecule has 5 nitrogen and oxygen atoms in total. The van der Waals surface area contributed by atoms with Gasteiger partial charge in [0.1, 0.15) is 0 Å². The molecule has 1 atom stereocenters. The molecule has 1 rings (SSSR count). The van der Waals surface area contributed by atoms with Gasteiger partial charge in [-0.15, -0.1) is 0 Å². The summed E-state index contributed by atoms with van der Waals surface area (Å²) in [5.41, 5.74) is 3.21. The number of benzene rings is 1. The molecular weight excluding hydrogens is 232 g/mol. The molecule has 0 saturated carbocycles. The first-order chi connectivity index (χ1) is 8.45. The second kappa shape index (κ2) is 6.16. The second-order valence-corrected chi connectivity index (χ2v) is 4.21. The van der Waals surface area contributed by atoms with E-state index in [1.807, 2.05) is 32.0 Å². The Bertz CT molecular complexity index is 458. The van der Waals surface area contributed by atoms with E-state index in [2.05, 4.69) is 10.6 Å². The van der Waals surface area contributed by atoms with Crippen molar-refractivity contribution >= 4 is 11.9 Å². The molecule has 0 aliphatic carbocycles. The van der Waals surface area contributed by atoms with Crippen molar-refractivity contribution in [2.45, 2.75) is 26.4 Å². The Kier molecular flexibility index (Phi) is 4.85. The van der Waals surface area contributed by atoms with E-state index in [9.17, 15) is 9.59 Å². The van der Waals surface area contributed by atoms with Gasteiger partial charge in [-0.2, -0.15) is 0 Å². The maximum absolute atomic E-state index is 11.6. The Morgan fingerprint density at radius 2 is 2.00 bits per heavy atom. The molecule has 18 heavy (non-hydrogen) atoms. The minimum absolute atomic E-state index is 0.330. The van der Waals surface area contributed by atoms with Crippen molar-refractivity contribution in [2.24, 2.45) is 0 Å². The number of carbonyl (C=O) groups is 2. The average molecular weight is 250 g/mol. The number of carboxylic acid groups (broad SMARTS) is 1. The van der Waals surface area contributed by atoms with Crippen LogP contribution in [0.2, 0.25) is 0 Å². The maximum atomic E-state index is 11.6. The summed E-state index contributed by atoms with van der Waals surface area (Å²) in [5, 5.41) is 13.9. The van der Waals surface area contributed by atoms with Crippen LogP contribution in [0.5, 0.6) is 0 Å². The summed E-state index contributed by atoms with van der Waals surface area (Å²) in [7, 11) is 1.44. The lowest BCUT2D eigenvalue weighted by Crippen LogP contribution is -2.47. The minimum atomic E-state index is -1.21. The zero-order valence-corrected chi connectivity index (χ0v) is 10.8. The Balaban J connectivity index is 2.65. The van der Waals surface area contributed by atoms with Gasteiger partial charge in [-0.05, 0) is 32.0 Å². The van der Waals surface area contributed by atoms with Crippen molar-refractivity contribution in [3.8, 4) is 0 Å². The number of aryl methyl sites for hydroxylation is 2. The molecule has 0 fully saturated rings. The summed E-state index contributed by atoms with van der Waals surface area (Å²) in [6.45, 7) is 4.29. The Morgan fingerprint density at radius 3 is 2.50 bits per heavy atom. The van der Waals surface area contributed by atoms with Gasteiger partial charge in [-0.3, -0.25) is 10.1 Å². The number of carboxylic acids is 1. The summed E-state index contributed by atoms with van der Waals surface area (Å²) in [4.78, 5) is 22.4. The zero-order valence-electron chi connectivity index (χ0n) is 10.8. The van der Waals surface area contributed by atoms with Gasteiger partial charge in [0.25, 0.3) is 0 Å². The van der Waals surface area contributed by atoms with Crippen LogP contribution < -0.4 is 10.6 Å². The van der Waals surface area contributed by atoms with Crippen LogP contribution in [-0.2, 0) is 16.1 Å². The molecule has 0 saturated heterocycles. The van der Waals surface area contributed by atoms with Crippen LogP contribution in [0.15, 0.2) is 18.2 Å². The fraction of sp³-hybridized carbons (Fsp3) is 0.385. The predicted molar refractivity (Wildman–Crippen MR) is 68.2 cm³/mol. The number of likely N-dealkylation sites (N-methyl/N-ethyl adjacent to an activating group) is 1. The second-order valence-electron chi connectivity index (χ2n) is 4.21. The molecule has 0 heterocycles. The first kappa shape index (κ1) is 14.2. The number of hydrogen-bond acceptors (Lipinski definition) is 3. The highest BCUT2D eigenvalue weighted by Gasteiger charge is 2.23. The lowest BCUT2D eigenvalue weighted by atomic mass is 10.1. The highest BCUT2D eigenvalue weighted by molar-refractivity contribution is 6.01. The largest absolute Gasteiger partial charge is 0.480 e. The molecule has 0 aliphatic rings. The van der Waals surface area contributed by atoms with Crippen LogP contribution in [-0.4, -0.2) is 30.1 Å². The molecule has 0 aliphatic heterocycles. The fourth-order valence-corrected chi connectivity index (χ4v) is 1.70. The standard InChI is InChI=1S/C13H18N2O3/c1-8-4-5-10(9(2)6-8)7-15-12(16)11(14-3)13(17)18/h4-6,11,14H,7H2,1-3H3,(H,15,16)(H,17,18). The van der Waals surface area contributed by atoms with E-state index in [0.29, 0.717) is 6.54 Å². The Morgan fingerprint density at radius 1 is 1.33 bits per heavy atom. The summed E-state index contributed by atoms with van der Waals surface area (Å²) in [6, 6.07) is 4.70. The van der Waals surface area contributed by atoms with Crippen molar-refractivity contribution in [3.05, 3.63) is 34.9 Å². The van der Waals surface area contributed by atoms with E-state index in [0.717, 1.165) is 16.7 Å². The van der Waals surface area contributed by atoms with Crippen LogP contribution in [0.3, 0.4) is 0 Å². The summed E-state index contributed by atoms with van der Waals surface area (Å²) >= 11 is 0. The van der Waals surface area contributed by atoms with E-state index in [4.69, 9.17) is 5.11 Å². The average Bonchev–Trinajstić information content (AvgIpc) is 2.28. The van der Waals surface area contributed by atoms with Gasteiger partial charge >= 0.3 is 5.97 Å². The zero-order chi connectivity index (χ0) is 13.7. The summed E-state index contributed by atoms with van der Waals surface area (Å²) < 4.78 is 0. The topological polar surface area (TPSA) is 78.4 Å². The lowest BCUT2D eigenvalue weighted by molar-refractivity contribution is -0.143. The number of nitrogens with one attached hydrogen (secondary N) is 2. The molecule has 5 heteroatoms. The van der Waals surface area contributed by atoms with E-state index in [-0.39, 0.29) is 0 Å². The van der Waals surface area contributed by atoms with Crippen molar-refractivity contribution in [1.82, 2.24) is 10.6 Å². The van der Waals surface area contributed by atoms with Crippen LogP contribution in [0, 0.1) is 13.8 Å². The predicted octanol–water partition coefficient (Wildman–Crippen LogP) is 0.592. The highest BCUT2D eigenvalue weighted by atomic mass is 16.4. The van der Waals surface area contributed by atoms with Crippen LogP contribution in [0.4, 0.5) is 0 Å². The lowest BCUT2D eigenvalue weighted by Gasteiger charge is -2.13. The monoisotopic (exact) mass is 250 g/mol. The van der Waals surface area contributed by atoms with E-state index >= 15 is 0 Å². The van der Waals surface area contributed by atoms with E-state index in [1.165, 1.54) is 7.05 Å². The number of hydrogen-bond donors (Lipinski definition) is 3. The van der Waals surface area contributed by atoms with Crippen molar-refractivity contribution in [3.63, 3.8) is 0 Å². The summed E-state index contributed by atoms with van der Waals surface area (Å²) in [5.74, 6) is -1.72. The molecule has 0 spiro atoms.